The van der Waals surface area contributed by atoms with Gasteiger partial charge in [0.05, 0.1) is 6.42 Å². The molecule has 2 rings (SSSR count). The number of carbonyl (C=O) groups is 1. The Labute approximate surface area is 131 Å². The van der Waals surface area contributed by atoms with Crippen LogP contribution in [0.1, 0.15) is 25.8 Å². The predicted molar refractivity (Wildman–Crippen MR) is 86.4 cm³/mol. The molecule has 0 N–H and O–H groups in total. The first kappa shape index (κ1) is 16.9. The van der Waals surface area contributed by atoms with Crippen LogP contribution in [0.2, 0.25) is 0 Å². The van der Waals surface area contributed by atoms with Gasteiger partial charge in [0.15, 0.2) is 5.28 Å². The minimum atomic E-state index is -3.48. The molecule has 1 aromatic carbocycles. The average Bonchev–Trinajstić information content (AvgIpc) is 2.50. The number of hydrogen-bond acceptors (Lipinski definition) is 4. The maximum Gasteiger partial charge on any atom is 0.360 e. The summed E-state index contributed by atoms with van der Waals surface area (Å²) in [5, 5.41) is -1.04. The van der Waals surface area contributed by atoms with Gasteiger partial charge in [-0.3, -0.25) is 9.36 Å². The zero-order valence-electron chi connectivity index (χ0n) is 13.4. The molecule has 22 heavy (non-hydrogen) atoms. The van der Waals surface area contributed by atoms with Gasteiger partial charge in [-0.2, -0.15) is 0 Å². The van der Waals surface area contributed by atoms with Gasteiger partial charge in [0.2, 0.25) is 5.91 Å². The number of likely N-dealkylation sites (tertiary alicyclic amines) is 1. The normalized spacial score (nSPS) is 22.4. The summed E-state index contributed by atoms with van der Waals surface area (Å²) >= 11 is 0. The van der Waals surface area contributed by atoms with Crippen LogP contribution in [0.3, 0.4) is 0 Å². The van der Waals surface area contributed by atoms with Crippen LogP contribution in [0.5, 0.6) is 0 Å². The largest absolute Gasteiger partial charge is 0.360 e. The van der Waals surface area contributed by atoms with Crippen LogP contribution < -0.4 is 0 Å². The Hall–Kier alpha value is -1.42. The van der Waals surface area contributed by atoms with Gasteiger partial charge in [-0.1, -0.05) is 36.4 Å². The van der Waals surface area contributed by atoms with Crippen molar-refractivity contribution in [2.75, 3.05) is 14.2 Å². The highest BCUT2D eigenvalue weighted by molar-refractivity contribution is 7.56. The first-order valence-corrected chi connectivity index (χ1v) is 8.72. The standard InChI is InChI=1S/C16H22NO4P/c1-13(2)17-15(18)12-16(17,22(19,20-3)21-4)11-10-14-8-6-5-7-9-14/h5-11,13H,12H2,1-4H3/b11-10+. The van der Waals surface area contributed by atoms with Gasteiger partial charge < -0.3 is 13.9 Å². The monoisotopic (exact) mass is 323 g/mol. The van der Waals surface area contributed by atoms with Crippen molar-refractivity contribution in [2.45, 2.75) is 31.6 Å². The Bertz CT molecular complexity index is 606. The number of benzene rings is 1. The predicted octanol–water partition coefficient (Wildman–Crippen LogP) is 3.52. The van der Waals surface area contributed by atoms with E-state index in [2.05, 4.69) is 0 Å². The van der Waals surface area contributed by atoms with E-state index in [-0.39, 0.29) is 18.4 Å². The highest BCUT2D eigenvalue weighted by atomic mass is 31.2. The van der Waals surface area contributed by atoms with Crippen molar-refractivity contribution in [2.24, 2.45) is 0 Å². The molecule has 6 heteroatoms. The fourth-order valence-corrected chi connectivity index (χ4v) is 4.87. The van der Waals surface area contributed by atoms with Crippen LogP contribution in [0.4, 0.5) is 0 Å². The molecular weight excluding hydrogens is 301 g/mol. The van der Waals surface area contributed by atoms with E-state index in [9.17, 15) is 9.36 Å². The summed E-state index contributed by atoms with van der Waals surface area (Å²) in [6, 6.07) is 9.55. The van der Waals surface area contributed by atoms with Gasteiger partial charge in [-0.15, -0.1) is 0 Å². The molecule has 1 aromatic rings. The Morgan fingerprint density at radius 2 is 1.82 bits per heavy atom. The molecule has 0 radical (unpaired) electrons. The third-order valence-electron chi connectivity index (χ3n) is 3.91. The molecular formula is C16H22NO4P. The maximum absolute atomic E-state index is 13.0. The lowest BCUT2D eigenvalue weighted by molar-refractivity contribution is -0.150. The lowest BCUT2D eigenvalue weighted by Crippen LogP contribution is -2.64. The smallest absolute Gasteiger partial charge is 0.319 e. The molecule has 0 aromatic heterocycles. The maximum atomic E-state index is 13.0. The van der Waals surface area contributed by atoms with Gasteiger partial charge in [0.1, 0.15) is 0 Å². The molecule has 5 nitrogen and oxygen atoms in total. The number of amides is 1. The van der Waals surface area contributed by atoms with Crippen molar-refractivity contribution in [1.29, 1.82) is 0 Å². The fraction of sp³-hybridized carbons (Fsp3) is 0.438. The lowest BCUT2D eigenvalue weighted by Gasteiger charge is -2.53. The van der Waals surface area contributed by atoms with Crippen LogP contribution >= 0.6 is 7.60 Å². The van der Waals surface area contributed by atoms with Crippen LogP contribution in [-0.4, -0.2) is 36.3 Å². The third-order valence-corrected chi connectivity index (χ3v) is 6.34. The van der Waals surface area contributed by atoms with E-state index in [0.29, 0.717) is 0 Å². The Morgan fingerprint density at radius 3 is 2.27 bits per heavy atom. The number of hydrogen-bond donors (Lipinski definition) is 0. The second-order valence-electron chi connectivity index (χ2n) is 5.52. The molecule has 1 unspecified atom stereocenters. The van der Waals surface area contributed by atoms with Crippen LogP contribution in [0.15, 0.2) is 36.4 Å². The van der Waals surface area contributed by atoms with Crippen molar-refractivity contribution in [3.8, 4) is 0 Å². The lowest BCUT2D eigenvalue weighted by atomic mass is 9.97. The molecule has 1 aliphatic heterocycles. The van der Waals surface area contributed by atoms with Gasteiger partial charge in [0, 0.05) is 20.3 Å². The SMILES string of the molecule is COP(=O)(OC)C1(/C=C/c2ccccc2)CC(=O)N1C(C)C. The quantitative estimate of drug-likeness (QED) is 0.594. The topological polar surface area (TPSA) is 55.8 Å². The van der Waals surface area contributed by atoms with E-state index >= 15 is 0 Å². The number of β-lactam (4-membered cyclic amide) rings is 1. The minimum absolute atomic E-state index is 0.0537. The van der Waals surface area contributed by atoms with Gasteiger partial charge in [-0.05, 0) is 25.5 Å². The van der Waals surface area contributed by atoms with Gasteiger partial charge >= 0.3 is 7.60 Å². The van der Waals surface area contributed by atoms with Crippen molar-refractivity contribution in [3.63, 3.8) is 0 Å². The van der Waals surface area contributed by atoms with E-state index in [1.54, 1.807) is 11.0 Å². The van der Waals surface area contributed by atoms with E-state index < -0.39 is 12.9 Å². The molecule has 1 saturated heterocycles. The van der Waals surface area contributed by atoms with Crippen LogP contribution in [0, 0.1) is 0 Å². The molecule has 1 amide bonds. The summed E-state index contributed by atoms with van der Waals surface area (Å²) in [5.74, 6) is -0.0537. The number of rotatable bonds is 6. The summed E-state index contributed by atoms with van der Waals surface area (Å²) in [6.45, 7) is 3.77. The molecule has 0 spiro atoms. The van der Waals surface area contributed by atoms with Crippen LogP contribution in [-0.2, 0) is 18.4 Å². The van der Waals surface area contributed by atoms with E-state index in [4.69, 9.17) is 9.05 Å². The van der Waals surface area contributed by atoms with Gasteiger partial charge in [-0.25, -0.2) is 0 Å². The van der Waals surface area contributed by atoms with Crippen molar-refractivity contribution < 1.29 is 18.4 Å². The highest BCUT2D eigenvalue weighted by Gasteiger charge is 2.63. The highest BCUT2D eigenvalue weighted by Crippen LogP contribution is 2.67. The zero-order valence-corrected chi connectivity index (χ0v) is 14.2. The fourth-order valence-electron chi connectivity index (χ4n) is 2.90. The molecule has 0 saturated carbocycles. The molecule has 1 aliphatic rings. The summed E-state index contributed by atoms with van der Waals surface area (Å²) in [7, 11) is -0.781. The van der Waals surface area contributed by atoms with E-state index in [0.717, 1.165) is 5.56 Å². The minimum Gasteiger partial charge on any atom is -0.319 e. The van der Waals surface area contributed by atoms with Crippen LogP contribution in [0.25, 0.3) is 6.08 Å². The number of nitrogens with zero attached hydrogens (tertiary/aromatic N) is 1. The molecule has 1 heterocycles. The molecule has 120 valence electrons. The Balaban J connectivity index is 2.46. The van der Waals surface area contributed by atoms with E-state index in [1.807, 2.05) is 50.3 Å². The second-order valence-corrected chi connectivity index (χ2v) is 8.02. The van der Waals surface area contributed by atoms with Crippen molar-refractivity contribution >= 4 is 19.6 Å². The molecule has 1 fully saturated rings. The molecule has 1 atom stereocenters. The van der Waals surface area contributed by atoms with E-state index in [1.165, 1.54) is 14.2 Å². The van der Waals surface area contributed by atoms with Crippen molar-refractivity contribution in [1.82, 2.24) is 4.90 Å². The van der Waals surface area contributed by atoms with Crippen molar-refractivity contribution in [3.05, 3.63) is 42.0 Å². The zero-order chi connectivity index (χ0) is 16.4. The first-order chi connectivity index (χ1) is 10.4. The molecule has 0 aliphatic carbocycles. The Morgan fingerprint density at radius 1 is 1.23 bits per heavy atom. The second kappa shape index (κ2) is 6.37. The summed E-state index contributed by atoms with van der Waals surface area (Å²) in [4.78, 5) is 13.6. The first-order valence-electron chi connectivity index (χ1n) is 7.18. The third kappa shape index (κ3) is 2.65. The summed E-state index contributed by atoms with van der Waals surface area (Å²) in [6.07, 6.45) is 3.75. The van der Waals surface area contributed by atoms with Gasteiger partial charge in [0.25, 0.3) is 0 Å². The summed E-state index contributed by atoms with van der Waals surface area (Å²) < 4.78 is 23.4. The Kier molecular flexibility index (Phi) is 4.90. The number of carbonyl (C=O) groups excluding carboxylic acids is 1. The summed E-state index contributed by atoms with van der Waals surface area (Å²) in [5.41, 5.74) is 0.962. The average molecular weight is 323 g/mol. The molecule has 0 bridgehead atoms.